The molecule has 0 aliphatic rings. The van der Waals surface area contributed by atoms with Gasteiger partial charge in [0.25, 0.3) is 0 Å². The first-order valence-electron chi connectivity index (χ1n) is 23.0. The van der Waals surface area contributed by atoms with Crippen LogP contribution in [0.4, 0.5) is 0 Å². The van der Waals surface area contributed by atoms with E-state index in [1.54, 1.807) is 0 Å². The van der Waals surface area contributed by atoms with Gasteiger partial charge in [0.2, 0.25) is 5.91 Å². The van der Waals surface area contributed by atoms with Crippen molar-refractivity contribution in [3.63, 3.8) is 0 Å². The van der Waals surface area contributed by atoms with Gasteiger partial charge in [-0.2, -0.15) is 0 Å². The number of rotatable bonds is 43. The van der Waals surface area contributed by atoms with Crippen molar-refractivity contribution in [2.75, 3.05) is 0 Å². The molecular weight excluding hydrogens is 615 g/mol. The number of amides is 1. The molecule has 0 aromatic heterocycles. The maximum absolute atomic E-state index is 12.8. The van der Waals surface area contributed by atoms with Gasteiger partial charge in [-0.1, -0.05) is 245 Å². The normalized spacial score (nSPS) is 11.8. The van der Waals surface area contributed by atoms with Crippen LogP contribution < -0.4 is 5.73 Å². The van der Waals surface area contributed by atoms with E-state index in [2.05, 4.69) is 13.8 Å². The maximum atomic E-state index is 12.8. The highest BCUT2D eigenvalue weighted by Gasteiger charge is 2.36. The molecular formula is C46H91NO3. The summed E-state index contributed by atoms with van der Waals surface area (Å²) >= 11 is 0. The van der Waals surface area contributed by atoms with E-state index < -0.39 is 11.4 Å². The van der Waals surface area contributed by atoms with E-state index in [1.165, 1.54) is 193 Å². The van der Waals surface area contributed by atoms with Gasteiger partial charge in [-0.05, 0) is 25.7 Å². The molecule has 0 aliphatic carbocycles. The zero-order chi connectivity index (χ0) is 36.6. The predicted octanol–water partition coefficient (Wildman–Crippen LogP) is 15.6. The Kier molecular flexibility index (Phi) is 38.3. The molecule has 4 heteroatoms. The Morgan fingerprint density at radius 2 is 0.560 bits per heavy atom. The number of primary amides is 1. The molecule has 0 atom stereocenters. The van der Waals surface area contributed by atoms with E-state index >= 15 is 0 Å². The Labute approximate surface area is 314 Å². The number of carboxylic acids is 1. The summed E-state index contributed by atoms with van der Waals surface area (Å²) in [5.74, 6) is -0.763. The lowest BCUT2D eigenvalue weighted by atomic mass is 9.74. The van der Waals surface area contributed by atoms with Gasteiger partial charge >= 0.3 is 5.97 Å². The van der Waals surface area contributed by atoms with Crippen molar-refractivity contribution in [1.29, 1.82) is 0 Å². The average molecular weight is 706 g/mol. The number of hydrogen-bond acceptors (Lipinski definition) is 2. The number of nitrogens with two attached hydrogens (primary N) is 1. The molecule has 0 aromatic rings. The first kappa shape index (κ1) is 48.9. The standard InChI is InChI=1S/C46H91NO3/c1-3-5-7-9-11-13-15-17-19-21-23-25-27-29-33-37-41-46(45(49)50,43-39-35-31-32-36-40-44(47)48)42-38-34-30-28-26-24-22-20-18-16-14-12-10-8-6-4-2/h3-43H2,1-2H3,(H2,47,48)(H,49,50). The van der Waals surface area contributed by atoms with Crippen LogP contribution >= 0.6 is 0 Å². The molecule has 3 N–H and O–H groups in total. The van der Waals surface area contributed by atoms with Crippen LogP contribution in [0, 0.1) is 5.41 Å². The summed E-state index contributed by atoms with van der Waals surface area (Å²) in [4.78, 5) is 23.8. The van der Waals surface area contributed by atoms with Gasteiger partial charge in [0.15, 0.2) is 0 Å². The Balaban J connectivity index is 4.23. The Morgan fingerprint density at radius 1 is 0.360 bits per heavy atom. The second-order valence-electron chi connectivity index (χ2n) is 16.4. The predicted molar refractivity (Wildman–Crippen MR) is 220 cm³/mol. The second kappa shape index (κ2) is 39.2. The molecule has 0 aromatic carbocycles. The smallest absolute Gasteiger partial charge is 0.309 e. The number of carbonyl (C=O) groups is 2. The van der Waals surface area contributed by atoms with E-state index in [4.69, 9.17) is 5.73 Å². The van der Waals surface area contributed by atoms with Gasteiger partial charge in [-0.3, -0.25) is 9.59 Å². The van der Waals surface area contributed by atoms with Crippen LogP contribution in [0.5, 0.6) is 0 Å². The Hall–Kier alpha value is -1.06. The molecule has 0 spiro atoms. The number of unbranched alkanes of at least 4 members (excludes halogenated alkanes) is 34. The molecule has 0 saturated carbocycles. The largest absolute Gasteiger partial charge is 0.481 e. The molecule has 0 heterocycles. The first-order chi connectivity index (χ1) is 24.5. The van der Waals surface area contributed by atoms with E-state index in [9.17, 15) is 14.7 Å². The zero-order valence-corrected chi connectivity index (χ0v) is 34.3. The monoisotopic (exact) mass is 706 g/mol. The Bertz CT molecular complexity index is 672. The van der Waals surface area contributed by atoms with Crippen LogP contribution in [0.2, 0.25) is 0 Å². The molecule has 4 nitrogen and oxygen atoms in total. The van der Waals surface area contributed by atoms with E-state index in [0.717, 1.165) is 64.2 Å². The number of hydrogen-bond donors (Lipinski definition) is 2. The van der Waals surface area contributed by atoms with Crippen LogP contribution in [-0.4, -0.2) is 17.0 Å². The van der Waals surface area contributed by atoms with Crippen LogP contribution in [0.1, 0.15) is 277 Å². The molecule has 298 valence electrons. The summed E-state index contributed by atoms with van der Waals surface area (Å²) in [6.07, 6.45) is 51.2. The fraction of sp³-hybridized carbons (Fsp3) is 0.957. The maximum Gasteiger partial charge on any atom is 0.309 e. The molecule has 50 heavy (non-hydrogen) atoms. The highest BCUT2D eigenvalue weighted by Crippen LogP contribution is 2.38. The quantitative estimate of drug-likeness (QED) is 0.0620. The van der Waals surface area contributed by atoms with E-state index in [0.29, 0.717) is 6.42 Å². The van der Waals surface area contributed by atoms with Crippen molar-refractivity contribution in [1.82, 2.24) is 0 Å². The van der Waals surface area contributed by atoms with Crippen LogP contribution in [0.15, 0.2) is 0 Å². The van der Waals surface area contributed by atoms with Gasteiger partial charge in [0, 0.05) is 6.42 Å². The summed E-state index contributed by atoms with van der Waals surface area (Å²) in [6, 6.07) is 0. The van der Waals surface area contributed by atoms with E-state index in [1.807, 2.05) is 0 Å². The number of carboxylic acid groups (broad SMARTS) is 1. The van der Waals surface area contributed by atoms with E-state index in [-0.39, 0.29) is 5.91 Å². The lowest BCUT2D eigenvalue weighted by molar-refractivity contribution is -0.150. The SMILES string of the molecule is CCCCCCCCCCCCCCCCCCC(CCCCCCCCCCCCCCCCCC)(CCCCCCCC(N)=O)C(=O)O. The molecule has 0 aliphatic heterocycles. The average Bonchev–Trinajstić information content (AvgIpc) is 3.10. The summed E-state index contributed by atoms with van der Waals surface area (Å²) in [5, 5.41) is 10.5. The van der Waals surface area contributed by atoms with Gasteiger partial charge in [-0.15, -0.1) is 0 Å². The second-order valence-corrected chi connectivity index (χ2v) is 16.4. The van der Waals surface area contributed by atoms with Gasteiger partial charge in [0.1, 0.15) is 0 Å². The summed E-state index contributed by atoms with van der Waals surface area (Å²) in [6.45, 7) is 4.58. The highest BCUT2D eigenvalue weighted by molar-refractivity contribution is 5.74. The zero-order valence-electron chi connectivity index (χ0n) is 34.3. The molecule has 0 fully saturated rings. The van der Waals surface area contributed by atoms with Gasteiger partial charge in [-0.25, -0.2) is 0 Å². The van der Waals surface area contributed by atoms with Crippen molar-refractivity contribution in [3.8, 4) is 0 Å². The molecule has 0 rings (SSSR count). The summed E-state index contributed by atoms with van der Waals surface area (Å²) in [5.41, 5.74) is 4.74. The van der Waals surface area contributed by atoms with Crippen LogP contribution in [0.25, 0.3) is 0 Å². The van der Waals surface area contributed by atoms with Crippen LogP contribution in [0.3, 0.4) is 0 Å². The first-order valence-corrected chi connectivity index (χ1v) is 23.0. The molecule has 0 bridgehead atoms. The van der Waals surface area contributed by atoms with Crippen molar-refractivity contribution < 1.29 is 14.7 Å². The third-order valence-electron chi connectivity index (χ3n) is 11.5. The number of aliphatic carboxylic acids is 1. The molecule has 0 unspecified atom stereocenters. The van der Waals surface area contributed by atoms with Crippen molar-refractivity contribution in [2.24, 2.45) is 11.1 Å². The Morgan fingerprint density at radius 3 is 0.760 bits per heavy atom. The highest BCUT2D eigenvalue weighted by atomic mass is 16.4. The minimum absolute atomic E-state index is 0.215. The minimum Gasteiger partial charge on any atom is -0.481 e. The molecule has 0 radical (unpaired) electrons. The lowest BCUT2D eigenvalue weighted by Gasteiger charge is -2.30. The van der Waals surface area contributed by atoms with Crippen molar-refractivity contribution >= 4 is 11.9 Å². The summed E-state index contributed by atoms with van der Waals surface area (Å²) < 4.78 is 0. The summed E-state index contributed by atoms with van der Waals surface area (Å²) in [7, 11) is 0. The van der Waals surface area contributed by atoms with Gasteiger partial charge in [0.05, 0.1) is 5.41 Å². The third-order valence-corrected chi connectivity index (χ3v) is 11.5. The van der Waals surface area contributed by atoms with Crippen molar-refractivity contribution in [3.05, 3.63) is 0 Å². The molecule has 0 saturated heterocycles. The number of carbonyl (C=O) groups excluding carboxylic acids is 1. The van der Waals surface area contributed by atoms with Gasteiger partial charge < -0.3 is 10.8 Å². The minimum atomic E-state index is -0.548. The third kappa shape index (κ3) is 34.0. The lowest BCUT2D eigenvalue weighted by Crippen LogP contribution is -2.31. The fourth-order valence-corrected chi connectivity index (χ4v) is 8.01. The fourth-order valence-electron chi connectivity index (χ4n) is 8.01. The van der Waals surface area contributed by atoms with Crippen LogP contribution in [-0.2, 0) is 9.59 Å². The van der Waals surface area contributed by atoms with Crippen molar-refractivity contribution in [2.45, 2.75) is 277 Å². The molecule has 1 amide bonds. The topological polar surface area (TPSA) is 80.4 Å².